The number of halogens is 1. The van der Waals surface area contributed by atoms with Gasteiger partial charge < -0.3 is 15.0 Å². The summed E-state index contributed by atoms with van der Waals surface area (Å²) in [6, 6.07) is 7.71. The number of ether oxygens (including phenoxy) is 1. The minimum atomic E-state index is -0.206. The van der Waals surface area contributed by atoms with Crippen LogP contribution in [0.4, 0.5) is 0 Å². The van der Waals surface area contributed by atoms with Gasteiger partial charge in [-0.2, -0.15) is 0 Å². The molecule has 0 aliphatic carbocycles. The number of pyridine rings is 1. The molecule has 32 heavy (non-hydrogen) atoms. The molecule has 1 fully saturated rings. The summed E-state index contributed by atoms with van der Waals surface area (Å²) in [7, 11) is 0. The molecule has 2 N–H and O–H groups in total. The molecule has 0 radical (unpaired) electrons. The second kappa shape index (κ2) is 8.80. The molecular weight excluding hydrogens is 428 g/mol. The van der Waals surface area contributed by atoms with Gasteiger partial charge in [-0.1, -0.05) is 30.7 Å². The topological polar surface area (TPSA) is 106 Å². The standard InChI is InChI=1S/C23H23ClN6O2/c1-13(9-18-20-22(27-11-25-18)28-12-26-20)17-10-14-3-2-4-16(24)19(14)21(30-17)23(31)29-15-5-7-32-8-6-15/h2-4,10-13,15H,5-9H2,1H3,(H,29,31)(H,25,26,27,28)/t13-/m1/s1. The number of amides is 1. The summed E-state index contributed by atoms with van der Waals surface area (Å²) >= 11 is 6.50. The van der Waals surface area contributed by atoms with E-state index >= 15 is 0 Å². The molecule has 1 atom stereocenters. The van der Waals surface area contributed by atoms with Crippen LogP contribution >= 0.6 is 11.6 Å². The molecule has 9 heteroatoms. The van der Waals surface area contributed by atoms with Crippen molar-refractivity contribution in [1.82, 2.24) is 30.2 Å². The van der Waals surface area contributed by atoms with Crippen molar-refractivity contribution in [3.8, 4) is 0 Å². The molecule has 0 bridgehead atoms. The van der Waals surface area contributed by atoms with E-state index < -0.39 is 0 Å². The van der Waals surface area contributed by atoms with Gasteiger partial charge in [-0.05, 0) is 30.4 Å². The van der Waals surface area contributed by atoms with E-state index in [1.807, 2.05) is 18.2 Å². The molecular formula is C23H23ClN6O2. The number of hydrogen-bond donors (Lipinski definition) is 2. The number of imidazole rings is 1. The van der Waals surface area contributed by atoms with E-state index in [9.17, 15) is 4.79 Å². The smallest absolute Gasteiger partial charge is 0.270 e. The predicted molar refractivity (Wildman–Crippen MR) is 122 cm³/mol. The lowest BCUT2D eigenvalue weighted by atomic mass is 9.97. The molecule has 8 nitrogen and oxygen atoms in total. The zero-order valence-electron chi connectivity index (χ0n) is 17.6. The van der Waals surface area contributed by atoms with Gasteiger partial charge >= 0.3 is 0 Å². The molecule has 4 aromatic rings. The third-order valence-corrected chi connectivity index (χ3v) is 6.22. The minimum absolute atomic E-state index is 0.00871. The Morgan fingerprint density at radius 3 is 2.97 bits per heavy atom. The predicted octanol–water partition coefficient (Wildman–Crippen LogP) is 3.81. The maximum absolute atomic E-state index is 13.2. The lowest BCUT2D eigenvalue weighted by Gasteiger charge is -2.23. The van der Waals surface area contributed by atoms with Crippen LogP contribution in [0.5, 0.6) is 0 Å². The Morgan fingerprint density at radius 2 is 2.12 bits per heavy atom. The minimum Gasteiger partial charge on any atom is -0.381 e. The molecule has 1 aromatic carbocycles. The first-order chi connectivity index (χ1) is 15.6. The molecule has 1 aliphatic rings. The normalized spacial score (nSPS) is 15.8. The average molecular weight is 451 g/mol. The van der Waals surface area contributed by atoms with E-state index in [-0.39, 0.29) is 17.9 Å². The van der Waals surface area contributed by atoms with E-state index in [0.717, 1.165) is 35.1 Å². The number of rotatable bonds is 5. The highest BCUT2D eigenvalue weighted by molar-refractivity contribution is 6.36. The van der Waals surface area contributed by atoms with Crippen LogP contribution in [0.15, 0.2) is 36.9 Å². The zero-order valence-corrected chi connectivity index (χ0v) is 18.4. The van der Waals surface area contributed by atoms with E-state index in [2.05, 4.69) is 32.2 Å². The van der Waals surface area contributed by atoms with Crippen LogP contribution < -0.4 is 5.32 Å². The lowest BCUT2D eigenvalue weighted by Crippen LogP contribution is -2.39. The first kappa shape index (κ1) is 20.8. The van der Waals surface area contributed by atoms with Gasteiger partial charge in [0.2, 0.25) is 0 Å². The number of aromatic nitrogens is 5. The number of nitrogens with one attached hydrogen (secondary N) is 2. The summed E-state index contributed by atoms with van der Waals surface area (Å²) in [5.74, 6) is -0.198. The molecule has 164 valence electrons. The Kier molecular flexibility index (Phi) is 5.71. The number of hydrogen-bond acceptors (Lipinski definition) is 6. The van der Waals surface area contributed by atoms with Crippen LogP contribution in [0.25, 0.3) is 21.9 Å². The number of aromatic amines is 1. The van der Waals surface area contributed by atoms with E-state index in [1.165, 1.54) is 6.33 Å². The summed E-state index contributed by atoms with van der Waals surface area (Å²) in [6.07, 6.45) is 5.35. The van der Waals surface area contributed by atoms with Gasteiger partial charge in [-0.25, -0.2) is 19.9 Å². The molecule has 0 spiro atoms. The van der Waals surface area contributed by atoms with Crippen LogP contribution in [-0.2, 0) is 11.2 Å². The zero-order chi connectivity index (χ0) is 22.1. The molecule has 1 aliphatic heterocycles. The molecule has 1 saturated heterocycles. The second-order valence-corrected chi connectivity index (χ2v) is 8.53. The SMILES string of the molecule is C[C@H](Cc1ncnc2nc[nH]c12)c1cc2cccc(Cl)c2c(C(=O)NC2CCOCC2)n1. The third kappa shape index (κ3) is 4.03. The van der Waals surface area contributed by atoms with Crippen molar-refractivity contribution < 1.29 is 9.53 Å². The Hall–Kier alpha value is -3.10. The Bertz CT molecular complexity index is 1280. The highest BCUT2D eigenvalue weighted by atomic mass is 35.5. The van der Waals surface area contributed by atoms with Crippen LogP contribution in [0.3, 0.4) is 0 Å². The van der Waals surface area contributed by atoms with Crippen molar-refractivity contribution in [1.29, 1.82) is 0 Å². The summed E-state index contributed by atoms with van der Waals surface area (Å²) < 4.78 is 5.40. The maximum atomic E-state index is 13.2. The number of carbonyl (C=O) groups excluding carboxylic acids is 1. The fourth-order valence-electron chi connectivity index (χ4n) is 4.16. The van der Waals surface area contributed by atoms with Crippen molar-refractivity contribution in [2.75, 3.05) is 13.2 Å². The Balaban J connectivity index is 1.50. The number of fused-ring (bicyclic) bond motifs is 2. The van der Waals surface area contributed by atoms with E-state index in [4.69, 9.17) is 21.3 Å². The van der Waals surface area contributed by atoms with Crippen LogP contribution in [0, 0.1) is 0 Å². The summed E-state index contributed by atoms with van der Waals surface area (Å²) in [4.78, 5) is 34.0. The number of benzene rings is 1. The van der Waals surface area contributed by atoms with Crippen molar-refractivity contribution >= 4 is 39.4 Å². The highest BCUT2D eigenvalue weighted by Gasteiger charge is 2.23. The number of H-pyrrole nitrogens is 1. The second-order valence-electron chi connectivity index (χ2n) is 8.12. The van der Waals surface area contributed by atoms with Gasteiger partial charge in [0.15, 0.2) is 5.65 Å². The van der Waals surface area contributed by atoms with E-state index in [0.29, 0.717) is 41.4 Å². The molecule has 0 unspecified atom stereocenters. The van der Waals surface area contributed by atoms with Crippen LogP contribution in [-0.4, -0.2) is 50.1 Å². The highest BCUT2D eigenvalue weighted by Crippen LogP contribution is 2.30. The van der Waals surface area contributed by atoms with Crippen molar-refractivity contribution in [3.05, 3.63) is 59.0 Å². The first-order valence-corrected chi connectivity index (χ1v) is 11.1. The largest absolute Gasteiger partial charge is 0.381 e. The lowest BCUT2D eigenvalue weighted by molar-refractivity contribution is 0.0695. The average Bonchev–Trinajstić information content (AvgIpc) is 3.29. The maximum Gasteiger partial charge on any atom is 0.270 e. The van der Waals surface area contributed by atoms with Gasteiger partial charge in [0, 0.05) is 42.7 Å². The quantitative estimate of drug-likeness (QED) is 0.479. The van der Waals surface area contributed by atoms with Gasteiger partial charge in [-0.3, -0.25) is 4.79 Å². The first-order valence-electron chi connectivity index (χ1n) is 10.7. The van der Waals surface area contributed by atoms with Crippen LogP contribution in [0.2, 0.25) is 5.02 Å². The van der Waals surface area contributed by atoms with Crippen LogP contribution in [0.1, 0.15) is 47.6 Å². The molecule has 4 heterocycles. The fraction of sp³-hybridized carbons (Fsp3) is 0.348. The fourth-order valence-corrected chi connectivity index (χ4v) is 4.44. The van der Waals surface area contributed by atoms with Gasteiger partial charge in [0.1, 0.15) is 17.5 Å². The molecule has 3 aromatic heterocycles. The van der Waals surface area contributed by atoms with Gasteiger partial charge in [-0.15, -0.1) is 0 Å². The molecule has 5 rings (SSSR count). The summed E-state index contributed by atoms with van der Waals surface area (Å²) in [5.41, 5.74) is 3.48. The number of nitrogens with zero attached hydrogens (tertiary/aromatic N) is 4. The third-order valence-electron chi connectivity index (χ3n) is 5.90. The molecule has 1 amide bonds. The Labute approximate surface area is 189 Å². The van der Waals surface area contributed by atoms with Crippen molar-refractivity contribution in [2.45, 2.75) is 38.1 Å². The summed E-state index contributed by atoms with van der Waals surface area (Å²) in [5, 5.41) is 5.20. The number of carbonyl (C=O) groups is 1. The Morgan fingerprint density at radius 1 is 1.28 bits per heavy atom. The monoisotopic (exact) mass is 450 g/mol. The van der Waals surface area contributed by atoms with E-state index in [1.54, 1.807) is 12.4 Å². The van der Waals surface area contributed by atoms with Crippen molar-refractivity contribution in [3.63, 3.8) is 0 Å². The molecule has 0 saturated carbocycles. The van der Waals surface area contributed by atoms with Crippen molar-refractivity contribution in [2.24, 2.45) is 0 Å². The van der Waals surface area contributed by atoms with Gasteiger partial charge in [0.05, 0.1) is 17.0 Å². The summed E-state index contributed by atoms with van der Waals surface area (Å²) in [6.45, 7) is 3.37. The van der Waals surface area contributed by atoms with Gasteiger partial charge in [0.25, 0.3) is 5.91 Å².